The molecule has 2 aliphatic rings. The van der Waals surface area contributed by atoms with E-state index in [4.69, 9.17) is 0 Å². The summed E-state index contributed by atoms with van der Waals surface area (Å²) in [5.74, 6) is 0.205. The molecule has 3 heterocycles. The van der Waals surface area contributed by atoms with E-state index in [1.54, 1.807) is 4.68 Å². The first-order chi connectivity index (χ1) is 11.6. The number of nitrogens with zero attached hydrogens (tertiary/aromatic N) is 3. The molecule has 128 valence electrons. The summed E-state index contributed by atoms with van der Waals surface area (Å²) < 4.78 is 30.1. The second kappa shape index (κ2) is 5.78. The van der Waals surface area contributed by atoms with Crippen LogP contribution in [0.5, 0.6) is 0 Å². The van der Waals surface area contributed by atoms with Gasteiger partial charge in [0.2, 0.25) is 0 Å². The molecule has 2 aromatic rings. The van der Waals surface area contributed by atoms with Crippen molar-refractivity contribution in [3.63, 3.8) is 0 Å². The molecule has 0 saturated heterocycles. The Kier molecular flexibility index (Phi) is 3.73. The van der Waals surface area contributed by atoms with E-state index < -0.39 is 10.0 Å². The predicted octanol–water partition coefficient (Wildman–Crippen LogP) is 1.24. The molecular formula is C16H21N5O2S. The van der Waals surface area contributed by atoms with Gasteiger partial charge in [0.1, 0.15) is 4.90 Å². The van der Waals surface area contributed by atoms with Crippen LogP contribution in [-0.4, -0.2) is 37.8 Å². The molecule has 1 aromatic heterocycles. The van der Waals surface area contributed by atoms with Crippen molar-refractivity contribution >= 4 is 21.4 Å². The van der Waals surface area contributed by atoms with Gasteiger partial charge in [-0.25, -0.2) is 8.42 Å². The lowest BCUT2D eigenvalue weighted by molar-refractivity contribution is 0.470. The maximum absolute atomic E-state index is 13.4. The van der Waals surface area contributed by atoms with Crippen molar-refractivity contribution in [1.82, 2.24) is 15.1 Å². The second-order valence-electron chi connectivity index (χ2n) is 6.39. The van der Waals surface area contributed by atoms with Gasteiger partial charge in [-0.05, 0) is 18.1 Å². The number of aromatic nitrogens is 2. The highest BCUT2D eigenvalue weighted by molar-refractivity contribution is 7.92. The molecule has 7 nitrogen and oxygen atoms in total. The van der Waals surface area contributed by atoms with E-state index in [1.807, 2.05) is 24.3 Å². The number of rotatable bonds is 2. The van der Waals surface area contributed by atoms with Crippen molar-refractivity contribution in [1.29, 1.82) is 0 Å². The number of fused-ring (bicyclic) bond motifs is 2. The first-order valence-electron chi connectivity index (χ1n) is 8.18. The molecule has 0 saturated carbocycles. The summed E-state index contributed by atoms with van der Waals surface area (Å²) in [5, 5.41) is 10.8. The van der Waals surface area contributed by atoms with E-state index in [9.17, 15) is 8.42 Å². The second-order valence-corrected chi connectivity index (χ2v) is 8.23. The summed E-state index contributed by atoms with van der Waals surface area (Å²) in [6.07, 6.45) is 1.49. The highest BCUT2D eigenvalue weighted by Crippen LogP contribution is 2.34. The summed E-state index contributed by atoms with van der Waals surface area (Å²) in [6.45, 7) is 5.27. The van der Waals surface area contributed by atoms with Gasteiger partial charge < -0.3 is 10.6 Å². The lowest BCUT2D eigenvalue weighted by Gasteiger charge is -2.26. The highest BCUT2D eigenvalue weighted by atomic mass is 32.2. The summed E-state index contributed by atoms with van der Waals surface area (Å²) in [4.78, 5) is 0.304. The Morgan fingerprint density at radius 2 is 2.12 bits per heavy atom. The minimum Gasteiger partial charge on any atom is -0.383 e. The zero-order chi connectivity index (χ0) is 16.7. The Bertz CT molecular complexity index is 861. The first kappa shape index (κ1) is 15.5. The molecule has 1 unspecified atom stereocenters. The monoisotopic (exact) mass is 347 g/mol. The van der Waals surface area contributed by atoms with Crippen LogP contribution in [0, 0.1) is 5.92 Å². The first-order valence-corrected chi connectivity index (χ1v) is 9.62. The van der Waals surface area contributed by atoms with E-state index in [2.05, 4.69) is 22.7 Å². The molecule has 24 heavy (non-hydrogen) atoms. The molecule has 0 spiro atoms. The van der Waals surface area contributed by atoms with Gasteiger partial charge in [0.05, 0.1) is 29.8 Å². The van der Waals surface area contributed by atoms with Crippen LogP contribution in [0.4, 0.5) is 11.4 Å². The molecule has 0 radical (unpaired) electrons. The molecule has 1 atom stereocenters. The molecular weight excluding hydrogens is 326 g/mol. The minimum atomic E-state index is -3.66. The molecule has 0 amide bonds. The molecule has 2 aliphatic heterocycles. The lowest BCUT2D eigenvalue weighted by atomic mass is 10.2. The number of hydrogen-bond acceptors (Lipinski definition) is 5. The van der Waals surface area contributed by atoms with Crippen molar-refractivity contribution in [2.45, 2.75) is 24.9 Å². The fourth-order valence-corrected chi connectivity index (χ4v) is 5.05. The third kappa shape index (κ3) is 2.46. The van der Waals surface area contributed by atoms with Gasteiger partial charge in [-0.2, -0.15) is 5.10 Å². The maximum Gasteiger partial charge on any atom is 0.267 e. The molecule has 0 bridgehead atoms. The van der Waals surface area contributed by atoms with Gasteiger partial charge in [-0.1, -0.05) is 19.1 Å². The van der Waals surface area contributed by atoms with Crippen LogP contribution in [0.25, 0.3) is 0 Å². The summed E-state index contributed by atoms with van der Waals surface area (Å²) >= 11 is 0. The third-order valence-electron chi connectivity index (χ3n) is 4.56. The van der Waals surface area contributed by atoms with Crippen molar-refractivity contribution in [3.8, 4) is 0 Å². The minimum absolute atomic E-state index is 0.205. The van der Waals surface area contributed by atoms with Crippen molar-refractivity contribution < 1.29 is 8.42 Å². The number of anilines is 2. The van der Waals surface area contributed by atoms with Crippen LogP contribution in [0.1, 0.15) is 12.6 Å². The van der Waals surface area contributed by atoms with Crippen LogP contribution in [0.15, 0.2) is 35.4 Å². The maximum atomic E-state index is 13.4. The van der Waals surface area contributed by atoms with E-state index in [0.29, 0.717) is 30.2 Å². The quantitative estimate of drug-likeness (QED) is 0.855. The smallest absolute Gasteiger partial charge is 0.267 e. The Labute approximate surface area is 141 Å². The average Bonchev–Trinajstić information content (AvgIpc) is 2.95. The molecule has 0 fully saturated rings. The van der Waals surface area contributed by atoms with Crippen LogP contribution in [0.3, 0.4) is 0 Å². The highest BCUT2D eigenvalue weighted by Gasteiger charge is 2.34. The molecule has 4 rings (SSSR count). The lowest BCUT2D eigenvalue weighted by Crippen LogP contribution is -2.36. The van der Waals surface area contributed by atoms with E-state index >= 15 is 0 Å². The largest absolute Gasteiger partial charge is 0.383 e. The Morgan fingerprint density at radius 3 is 3.00 bits per heavy atom. The summed E-state index contributed by atoms with van der Waals surface area (Å²) in [5.41, 5.74) is 2.29. The standard InChI is InChI=1S/C16H21N5O2S/c1-12-8-18-13-4-2-3-5-14(13)21(11-12)24(22,23)16-10-19-20-7-6-17-9-15(16)20/h2-5,10,12,17-18H,6-9,11H2,1H3. The van der Waals surface area contributed by atoms with E-state index in [0.717, 1.165) is 24.5 Å². The topological polar surface area (TPSA) is 79.3 Å². The van der Waals surface area contributed by atoms with Crippen molar-refractivity contribution in [2.24, 2.45) is 5.92 Å². The Balaban J connectivity index is 1.83. The molecule has 1 aromatic carbocycles. The number of nitrogens with one attached hydrogen (secondary N) is 2. The number of benzene rings is 1. The predicted molar refractivity (Wildman–Crippen MR) is 92.6 cm³/mol. The molecule has 8 heteroatoms. The Morgan fingerprint density at radius 1 is 1.29 bits per heavy atom. The van der Waals surface area contributed by atoms with Gasteiger partial charge in [0.15, 0.2) is 0 Å². The normalized spacial score (nSPS) is 20.7. The van der Waals surface area contributed by atoms with Gasteiger partial charge in [-0.15, -0.1) is 0 Å². The van der Waals surface area contributed by atoms with Gasteiger partial charge in [-0.3, -0.25) is 8.99 Å². The van der Waals surface area contributed by atoms with Crippen LogP contribution in [-0.2, 0) is 23.1 Å². The van der Waals surface area contributed by atoms with Crippen LogP contribution >= 0.6 is 0 Å². The fraction of sp³-hybridized carbons (Fsp3) is 0.438. The van der Waals surface area contributed by atoms with Gasteiger partial charge in [0, 0.05) is 26.2 Å². The van der Waals surface area contributed by atoms with Gasteiger partial charge >= 0.3 is 0 Å². The van der Waals surface area contributed by atoms with E-state index in [1.165, 1.54) is 10.5 Å². The number of para-hydroxylation sites is 2. The van der Waals surface area contributed by atoms with E-state index in [-0.39, 0.29) is 5.92 Å². The summed E-state index contributed by atoms with van der Waals surface area (Å²) in [6, 6.07) is 7.56. The summed E-state index contributed by atoms with van der Waals surface area (Å²) in [7, 11) is -3.66. The zero-order valence-corrected chi connectivity index (χ0v) is 14.4. The Hall–Kier alpha value is -2.06. The van der Waals surface area contributed by atoms with Crippen LogP contribution < -0.4 is 14.9 Å². The van der Waals surface area contributed by atoms with Gasteiger partial charge in [0.25, 0.3) is 10.0 Å². The molecule has 0 aliphatic carbocycles. The van der Waals surface area contributed by atoms with Crippen molar-refractivity contribution in [3.05, 3.63) is 36.2 Å². The molecule has 2 N–H and O–H groups in total. The average molecular weight is 347 g/mol. The van der Waals surface area contributed by atoms with Crippen molar-refractivity contribution in [2.75, 3.05) is 29.3 Å². The number of sulfonamides is 1. The SMILES string of the molecule is CC1CNc2ccccc2N(S(=O)(=O)c2cnn3c2CNCC3)C1. The third-order valence-corrected chi connectivity index (χ3v) is 6.39. The zero-order valence-electron chi connectivity index (χ0n) is 13.6. The number of hydrogen-bond donors (Lipinski definition) is 2. The van der Waals surface area contributed by atoms with Crippen LogP contribution in [0.2, 0.25) is 0 Å². The fourth-order valence-electron chi connectivity index (χ4n) is 3.29.